The van der Waals surface area contributed by atoms with Crippen LogP contribution in [0.25, 0.3) is 0 Å². The molecule has 0 aliphatic carbocycles. The van der Waals surface area contributed by atoms with Crippen LogP contribution in [0.3, 0.4) is 0 Å². The van der Waals surface area contributed by atoms with Crippen LogP contribution in [0.5, 0.6) is 0 Å². The minimum atomic E-state index is -0.368. The Balaban J connectivity index is 4.15. The Morgan fingerprint density at radius 1 is 1.50 bits per heavy atom. The van der Waals surface area contributed by atoms with Crippen molar-refractivity contribution in [2.45, 2.75) is 20.8 Å². The van der Waals surface area contributed by atoms with Crippen LogP contribution >= 0.6 is 0 Å². The largest absolute Gasteiger partial charge is 0.294 e. The van der Waals surface area contributed by atoms with E-state index in [0.29, 0.717) is 0 Å². The van der Waals surface area contributed by atoms with E-state index in [9.17, 15) is 4.79 Å². The first-order chi connectivity index (χ1) is 4.48. The smallest absolute Gasteiger partial charge is 0.161 e. The molecule has 10 heavy (non-hydrogen) atoms. The van der Waals surface area contributed by atoms with Crippen molar-refractivity contribution in [3.63, 3.8) is 0 Å². The Kier molecular flexibility index (Phi) is 2.82. The zero-order valence-electron chi connectivity index (χ0n) is 6.51. The third-order valence-corrected chi connectivity index (χ3v) is 1.05. The van der Waals surface area contributed by atoms with Crippen molar-refractivity contribution in [2.75, 3.05) is 0 Å². The second-order valence-corrected chi connectivity index (χ2v) is 3.08. The summed E-state index contributed by atoms with van der Waals surface area (Å²) < 4.78 is 0. The van der Waals surface area contributed by atoms with Gasteiger partial charge in [0.05, 0.1) is 6.07 Å². The van der Waals surface area contributed by atoms with Gasteiger partial charge in [0.1, 0.15) is 0 Å². The van der Waals surface area contributed by atoms with Crippen molar-refractivity contribution >= 4 is 5.78 Å². The molecule has 2 nitrogen and oxygen atoms in total. The standard InChI is InChI=1S/C8H11NO/c1-8(2,3)7(10)5-4-6-9/h4-5H,1-3H3/b5-4+. The molecule has 0 saturated carbocycles. The summed E-state index contributed by atoms with van der Waals surface area (Å²) in [5.41, 5.74) is -0.368. The van der Waals surface area contributed by atoms with Gasteiger partial charge in [0, 0.05) is 11.5 Å². The Labute approximate surface area is 61.2 Å². The van der Waals surface area contributed by atoms with Crippen molar-refractivity contribution in [3.05, 3.63) is 12.2 Å². The van der Waals surface area contributed by atoms with Crippen molar-refractivity contribution in [1.82, 2.24) is 0 Å². The van der Waals surface area contributed by atoms with Crippen molar-refractivity contribution in [1.29, 1.82) is 5.26 Å². The molecule has 0 heterocycles. The first-order valence-electron chi connectivity index (χ1n) is 3.09. The molecule has 0 aliphatic heterocycles. The van der Waals surface area contributed by atoms with E-state index in [0.717, 1.165) is 0 Å². The average Bonchev–Trinajstić information content (AvgIpc) is 1.80. The van der Waals surface area contributed by atoms with Crippen LogP contribution in [0, 0.1) is 16.7 Å². The molecule has 0 unspecified atom stereocenters. The van der Waals surface area contributed by atoms with E-state index in [1.807, 2.05) is 20.8 Å². The molecule has 0 radical (unpaired) electrons. The second-order valence-electron chi connectivity index (χ2n) is 3.08. The molecular formula is C8H11NO. The molecule has 0 atom stereocenters. The molecule has 0 aromatic rings. The van der Waals surface area contributed by atoms with E-state index >= 15 is 0 Å². The summed E-state index contributed by atoms with van der Waals surface area (Å²) in [7, 11) is 0. The summed E-state index contributed by atoms with van der Waals surface area (Å²) >= 11 is 0. The molecule has 0 spiro atoms. The summed E-state index contributed by atoms with van der Waals surface area (Å²) in [5.74, 6) is -0.0194. The van der Waals surface area contributed by atoms with Crippen LogP contribution in [-0.2, 0) is 4.79 Å². The minimum absolute atomic E-state index is 0.0194. The van der Waals surface area contributed by atoms with E-state index in [-0.39, 0.29) is 11.2 Å². The number of nitrogens with zero attached hydrogens (tertiary/aromatic N) is 1. The van der Waals surface area contributed by atoms with Gasteiger partial charge in [-0.25, -0.2) is 0 Å². The van der Waals surface area contributed by atoms with Gasteiger partial charge in [0.15, 0.2) is 5.78 Å². The van der Waals surface area contributed by atoms with Gasteiger partial charge in [-0.15, -0.1) is 0 Å². The first kappa shape index (κ1) is 8.90. The fourth-order valence-corrected chi connectivity index (χ4v) is 0.363. The number of hydrogen-bond acceptors (Lipinski definition) is 2. The molecule has 0 saturated heterocycles. The van der Waals surface area contributed by atoms with Gasteiger partial charge in [-0.05, 0) is 6.08 Å². The molecule has 0 aromatic carbocycles. The van der Waals surface area contributed by atoms with Gasteiger partial charge in [-0.3, -0.25) is 4.79 Å². The molecule has 0 fully saturated rings. The fraction of sp³-hybridized carbons (Fsp3) is 0.500. The number of carbonyl (C=O) groups is 1. The molecule has 2 heteroatoms. The van der Waals surface area contributed by atoms with E-state index in [4.69, 9.17) is 5.26 Å². The highest BCUT2D eigenvalue weighted by molar-refractivity contribution is 5.94. The lowest BCUT2D eigenvalue weighted by Gasteiger charge is -2.12. The van der Waals surface area contributed by atoms with Crippen LogP contribution in [0.1, 0.15) is 20.8 Å². The van der Waals surface area contributed by atoms with E-state index in [2.05, 4.69) is 0 Å². The summed E-state index contributed by atoms with van der Waals surface area (Å²) in [4.78, 5) is 11.0. The Morgan fingerprint density at radius 2 is 2.00 bits per heavy atom. The third kappa shape index (κ3) is 3.03. The van der Waals surface area contributed by atoms with Gasteiger partial charge in [-0.2, -0.15) is 5.26 Å². The number of rotatable bonds is 1. The van der Waals surface area contributed by atoms with Crippen molar-refractivity contribution < 1.29 is 4.79 Å². The van der Waals surface area contributed by atoms with Crippen LogP contribution < -0.4 is 0 Å². The Hall–Kier alpha value is -1.10. The predicted molar refractivity (Wildman–Crippen MR) is 39.2 cm³/mol. The summed E-state index contributed by atoms with van der Waals surface area (Å²) in [6, 6.07) is 1.77. The van der Waals surface area contributed by atoms with Gasteiger partial charge >= 0.3 is 0 Å². The summed E-state index contributed by atoms with van der Waals surface area (Å²) in [6.45, 7) is 5.45. The zero-order chi connectivity index (χ0) is 8.20. The Bertz CT molecular complexity index is 190. The maximum absolute atomic E-state index is 11.0. The minimum Gasteiger partial charge on any atom is -0.294 e. The molecule has 54 valence electrons. The Morgan fingerprint density at radius 3 is 2.30 bits per heavy atom. The van der Waals surface area contributed by atoms with Crippen molar-refractivity contribution in [3.8, 4) is 6.07 Å². The molecule has 0 aliphatic rings. The summed E-state index contributed by atoms with van der Waals surface area (Å²) in [5, 5.41) is 8.09. The molecule has 0 rings (SSSR count). The lowest BCUT2D eigenvalue weighted by molar-refractivity contribution is -0.121. The fourth-order valence-electron chi connectivity index (χ4n) is 0.363. The molecule has 0 aromatic heterocycles. The number of hydrogen-bond donors (Lipinski definition) is 0. The van der Waals surface area contributed by atoms with Gasteiger partial charge in [-0.1, -0.05) is 20.8 Å². The lowest BCUT2D eigenvalue weighted by atomic mass is 9.91. The third-order valence-electron chi connectivity index (χ3n) is 1.05. The average molecular weight is 137 g/mol. The highest BCUT2D eigenvalue weighted by Crippen LogP contribution is 2.14. The molecular weight excluding hydrogens is 126 g/mol. The maximum Gasteiger partial charge on any atom is 0.161 e. The van der Waals surface area contributed by atoms with E-state index in [1.165, 1.54) is 12.2 Å². The van der Waals surface area contributed by atoms with E-state index < -0.39 is 0 Å². The highest BCUT2D eigenvalue weighted by Gasteiger charge is 2.17. The molecule has 0 N–H and O–H groups in total. The van der Waals surface area contributed by atoms with Crippen molar-refractivity contribution in [2.24, 2.45) is 5.41 Å². The number of allylic oxidation sites excluding steroid dienone is 2. The normalized spacial score (nSPS) is 11.4. The number of ketones is 1. The lowest BCUT2D eigenvalue weighted by Crippen LogP contribution is -2.17. The van der Waals surface area contributed by atoms with Gasteiger partial charge in [0.2, 0.25) is 0 Å². The van der Waals surface area contributed by atoms with Crippen LogP contribution in [0.15, 0.2) is 12.2 Å². The monoisotopic (exact) mass is 137 g/mol. The highest BCUT2D eigenvalue weighted by atomic mass is 16.1. The predicted octanol–water partition coefficient (Wildman–Crippen LogP) is 1.68. The quantitative estimate of drug-likeness (QED) is 0.407. The molecule has 0 amide bonds. The topological polar surface area (TPSA) is 40.9 Å². The van der Waals surface area contributed by atoms with Crippen LogP contribution in [0.2, 0.25) is 0 Å². The number of nitriles is 1. The molecule has 0 bridgehead atoms. The van der Waals surface area contributed by atoms with Crippen LogP contribution in [-0.4, -0.2) is 5.78 Å². The first-order valence-corrected chi connectivity index (χ1v) is 3.09. The zero-order valence-corrected chi connectivity index (χ0v) is 6.51. The van der Waals surface area contributed by atoms with Gasteiger partial charge < -0.3 is 0 Å². The SMILES string of the molecule is CC(C)(C)C(=O)/C=C/C#N. The maximum atomic E-state index is 11.0. The van der Waals surface area contributed by atoms with Crippen LogP contribution in [0.4, 0.5) is 0 Å². The van der Waals surface area contributed by atoms with Gasteiger partial charge in [0.25, 0.3) is 0 Å². The van der Waals surface area contributed by atoms with E-state index in [1.54, 1.807) is 6.07 Å². The number of carbonyl (C=O) groups excluding carboxylic acids is 1. The summed E-state index contributed by atoms with van der Waals surface area (Å²) in [6.07, 6.45) is 2.51. The second kappa shape index (κ2) is 3.17.